The molecular weight excluding hydrogens is 555 g/mol. The zero-order valence-corrected chi connectivity index (χ0v) is 24.9. The minimum absolute atomic E-state index is 0.0357. The van der Waals surface area contributed by atoms with E-state index in [0.717, 1.165) is 32.1 Å². The molecule has 0 fully saturated rings. The maximum Gasteiger partial charge on any atom is 0.327 e. The molecule has 39 heavy (non-hydrogen) atoms. The summed E-state index contributed by atoms with van der Waals surface area (Å²) in [7, 11) is -4.04. The lowest BCUT2D eigenvalue weighted by Crippen LogP contribution is -2.43. The van der Waals surface area contributed by atoms with Crippen LogP contribution in [0.15, 0.2) is 0 Å². The van der Waals surface area contributed by atoms with Crippen LogP contribution in [0, 0.1) is 0 Å². The van der Waals surface area contributed by atoms with Gasteiger partial charge in [-0.25, -0.2) is 0 Å². The number of hydrogen-bond donors (Lipinski definition) is 4. The van der Waals surface area contributed by atoms with Crippen molar-refractivity contribution >= 4 is 37.2 Å². The Labute approximate surface area is 235 Å². The number of ether oxygens (including phenoxy) is 5. The Morgan fingerprint density at radius 2 is 1.54 bits per heavy atom. The standard InChI is InChI=1S/C24H47N2O11PS/c1-3-4-5-6-7-8-23(28)37-21(17-36-20(2)27)18-39-19-22(25)24(29)26-9-10-33-11-12-34-13-14-35-15-16-38(30,31)32/h21-22H,3-19,25H2,1-2H3,(H,26,29)(H2,30,31,32)/t21-,22+/m1/s1. The summed E-state index contributed by atoms with van der Waals surface area (Å²) in [6.45, 7) is 4.98. The summed E-state index contributed by atoms with van der Waals surface area (Å²) >= 11 is 1.34. The molecule has 0 aromatic carbocycles. The number of carbonyl (C=O) groups is 3. The van der Waals surface area contributed by atoms with Gasteiger partial charge >= 0.3 is 19.5 Å². The van der Waals surface area contributed by atoms with Crippen LogP contribution in [0.2, 0.25) is 0 Å². The number of thioether (sulfide) groups is 1. The minimum Gasteiger partial charge on any atom is -0.462 e. The second-order valence-electron chi connectivity index (χ2n) is 8.74. The molecule has 5 N–H and O–H groups in total. The van der Waals surface area contributed by atoms with Gasteiger partial charge in [0.05, 0.1) is 51.8 Å². The first kappa shape index (κ1) is 37.8. The highest BCUT2D eigenvalue weighted by Gasteiger charge is 2.19. The number of esters is 2. The molecule has 2 atom stereocenters. The number of rotatable bonds is 26. The third-order valence-corrected chi connectivity index (χ3v) is 6.98. The van der Waals surface area contributed by atoms with Crippen LogP contribution >= 0.6 is 19.4 Å². The van der Waals surface area contributed by atoms with Crippen molar-refractivity contribution in [1.29, 1.82) is 0 Å². The third kappa shape index (κ3) is 26.7. The molecule has 0 saturated carbocycles. The van der Waals surface area contributed by atoms with Gasteiger partial charge in [0, 0.05) is 31.4 Å². The average Bonchev–Trinajstić information content (AvgIpc) is 2.86. The second-order valence-corrected chi connectivity index (χ2v) is 11.6. The molecule has 0 aliphatic rings. The Hall–Kier alpha value is -1.25. The summed E-state index contributed by atoms with van der Waals surface area (Å²) in [5.74, 6) is -0.496. The van der Waals surface area contributed by atoms with Gasteiger partial charge in [-0.05, 0) is 6.42 Å². The van der Waals surface area contributed by atoms with Gasteiger partial charge in [0.15, 0.2) is 0 Å². The predicted octanol–water partition coefficient (Wildman–Crippen LogP) is 1.23. The predicted molar refractivity (Wildman–Crippen MR) is 148 cm³/mol. The Morgan fingerprint density at radius 1 is 0.923 bits per heavy atom. The third-order valence-electron chi connectivity index (χ3n) is 5.01. The lowest BCUT2D eigenvalue weighted by molar-refractivity contribution is -0.156. The molecule has 1 amide bonds. The number of carbonyl (C=O) groups excluding carboxylic acids is 3. The smallest absolute Gasteiger partial charge is 0.327 e. The maximum absolute atomic E-state index is 12.2. The van der Waals surface area contributed by atoms with Crippen LogP contribution in [-0.2, 0) is 42.6 Å². The topological polar surface area (TPSA) is 193 Å². The molecule has 0 aromatic heterocycles. The molecule has 0 spiro atoms. The fourth-order valence-corrected chi connectivity index (χ4v) is 4.28. The first-order valence-corrected chi connectivity index (χ1v) is 16.2. The van der Waals surface area contributed by atoms with Gasteiger partial charge in [-0.2, -0.15) is 11.8 Å². The van der Waals surface area contributed by atoms with Crippen LogP contribution in [0.5, 0.6) is 0 Å². The highest BCUT2D eigenvalue weighted by Crippen LogP contribution is 2.33. The quantitative estimate of drug-likeness (QED) is 0.0628. The zero-order valence-electron chi connectivity index (χ0n) is 23.2. The van der Waals surface area contributed by atoms with Crippen LogP contribution in [0.3, 0.4) is 0 Å². The zero-order chi connectivity index (χ0) is 29.4. The summed E-state index contributed by atoms with van der Waals surface area (Å²) < 4.78 is 36.8. The van der Waals surface area contributed by atoms with E-state index < -0.39 is 25.7 Å². The minimum atomic E-state index is -4.04. The summed E-state index contributed by atoms with van der Waals surface area (Å²) in [6.07, 6.45) is 4.46. The van der Waals surface area contributed by atoms with E-state index in [4.69, 9.17) is 39.2 Å². The van der Waals surface area contributed by atoms with Gasteiger partial charge in [0.2, 0.25) is 5.91 Å². The van der Waals surface area contributed by atoms with Crippen LogP contribution in [0.1, 0.15) is 52.4 Å². The Morgan fingerprint density at radius 3 is 2.15 bits per heavy atom. The van der Waals surface area contributed by atoms with E-state index >= 15 is 0 Å². The van der Waals surface area contributed by atoms with Crippen molar-refractivity contribution in [3.63, 3.8) is 0 Å². The Bertz CT molecular complexity index is 712. The SMILES string of the molecule is CCCCCCCC(=O)O[C@H](COC(C)=O)CSC[C@H](N)C(=O)NCCOCCOCCOCCP(=O)(O)O. The van der Waals surface area contributed by atoms with Crippen molar-refractivity contribution in [3.8, 4) is 0 Å². The van der Waals surface area contributed by atoms with E-state index in [9.17, 15) is 18.9 Å². The summed E-state index contributed by atoms with van der Waals surface area (Å²) in [6, 6.07) is -0.771. The normalized spacial score (nSPS) is 13.1. The van der Waals surface area contributed by atoms with Crippen LogP contribution in [0.25, 0.3) is 0 Å². The fourth-order valence-electron chi connectivity index (χ4n) is 2.95. The lowest BCUT2D eigenvalue weighted by Gasteiger charge is -2.18. The Balaban J connectivity index is 3.95. The van der Waals surface area contributed by atoms with Gasteiger partial charge in [0.1, 0.15) is 12.7 Å². The van der Waals surface area contributed by atoms with E-state index in [1.54, 1.807) is 0 Å². The first-order chi connectivity index (χ1) is 18.5. The maximum atomic E-state index is 12.2. The molecular formula is C24H47N2O11PS. The molecule has 0 aromatic rings. The molecule has 13 nitrogen and oxygen atoms in total. The van der Waals surface area contributed by atoms with E-state index in [-0.39, 0.29) is 57.6 Å². The first-order valence-electron chi connectivity index (χ1n) is 13.3. The molecule has 0 saturated heterocycles. The van der Waals surface area contributed by atoms with Crippen molar-refractivity contribution in [1.82, 2.24) is 5.32 Å². The summed E-state index contributed by atoms with van der Waals surface area (Å²) in [5, 5.41) is 2.69. The number of hydrogen-bond acceptors (Lipinski definition) is 11. The molecule has 0 radical (unpaired) electrons. The largest absolute Gasteiger partial charge is 0.462 e. The Kier molecular flexibility index (Phi) is 23.8. The van der Waals surface area contributed by atoms with Crippen molar-refractivity contribution in [2.24, 2.45) is 5.73 Å². The molecule has 0 aliphatic heterocycles. The number of nitrogens with one attached hydrogen (secondary N) is 1. The van der Waals surface area contributed by atoms with Crippen molar-refractivity contribution in [3.05, 3.63) is 0 Å². The molecule has 0 unspecified atom stereocenters. The monoisotopic (exact) mass is 602 g/mol. The van der Waals surface area contributed by atoms with Crippen LogP contribution in [-0.4, -0.2) is 110 Å². The molecule has 230 valence electrons. The van der Waals surface area contributed by atoms with Gasteiger partial charge < -0.3 is 44.5 Å². The molecule has 0 rings (SSSR count). The molecule has 0 aliphatic carbocycles. The molecule has 0 heterocycles. The van der Waals surface area contributed by atoms with Crippen molar-refractivity contribution in [2.75, 3.05) is 70.5 Å². The summed E-state index contributed by atoms with van der Waals surface area (Å²) in [4.78, 5) is 52.9. The van der Waals surface area contributed by atoms with Gasteiger partial charge in [-0.1, -0.05) is 32.6 Å². The van der Waals surface area contributed by atoms with E-state index in [1.807, 2.05) is 0 Å². The van der Waals surface area contributed by atoms with E-state index in [1.165, 1.54) is 18.7 Å². The lowest BCUT2D eigenvalue weighted by atomic mass is 10.1. The summed E-state index contributed by atoms with van der Waals surface area (Å²) in [5.41, 5.74) is 5.94. The highest BCUT2D eigenvalue weighted by molar-refractivity contribution is 7.99. The highest BCUT2D eigenvalue weighted by atomic mass is 32.2. The van der Waals surface area contributed by atoms with Gasteiger partial charge in [0.25, 0.3) is 0 Å². The second kappa shape index (κ2) is 24.5. The van der Waals surface area contributed by atoms with E-state index in [2.05, 4.69) is 12.2 Å². The van der Waals surface area contributed by atoms with E-state index in [0.29, 0.717) is 31.1 Å². The van der Waals surface area contributed by atoms with Gasteiger partial charge in [-0.15, -0.1) is 0 Å². The van der Waals surface area contributed by atoms with Gasteiger partial charge in [-0.3, -0.25) is 18.9 Å². The van der Waals surface area contributed by atoms with Crippen molar-refractivity contribution < 1.29 is 52.4 Å². The van der Waals surface area contributed by atoms with Crippen LogP contribution in [0.4, 0.5) is 0 Å². The van der Waals surface area contributed by atoms with Crippen molar-refractivity contribution in [2.45, 2.75) is 64.5 Å². The van der Waals surface area contributed by atoms with Crippen LogP contribution < -0.4 is 11.1 Å². The molecule has 15 heteroatoms. The number of amides is 1. The number of nitrogens with two attached hydrogens (primary N) is 1. The fraction of sp³-hybridized carbons (Fsp3) is 0.875. The number of unbranched alkanes of at least 4 members (excludes halogenated alkanes) is 4. The average molecular weight is 603 g/mol. The molecule has 0 bridgehead atoms.